The molecule has 1 fully saturated rings. The summed E-state index contributed by atoms with van der Waals surface area (Å²) in [6.45, 7) is 5.89. The number of nitrogens with zero attached hydrogens (tertiary/aromatic N) is 1. The van der Waals surface area contributed by atoms with E-state index in [-0.39, 0.29) is 10.1 Å². The number of hydrogen-bond acceptors (Lipinski definition) is 4. The van der Waals surface area contributed by atoms with Gasteiger partial charge in [-0.05, 0) is 30.7 Å². The van der Waals surface area contributed by atoms with E-state index in [1.54, 1.807) is 10.3 Å². The summed E-state index contributed by atoms with van der Waals surface area (Å²) in [5.74, 6) is 1.21. The maximum atomic E-state index is 12.3. The van der Waals surface area contributed by atoms with Gasteiger partial charge in [0.15, 0.2) is 0 Å². The van der Waals surface area contributed by atoms with E-state index in [1.165, 1.54) is 6.07 Å². The summed E-state index contributed by atoms with van der Waals surface area (Å²) in [7, 11) is 1.53. The SMILES string of the molecule is CC(C)C1CCN(C(=O)c2csc(S(=O)(=O)Cl)c2)CC1. The van der Waals surface area contributed by atoms with Crippen LogP contribution in [0.5, 0.6) is 0 Å². The molecule has 1 aliphatic rings. The lowest BCUT2D eigenvalue weighted by Crippen LogP contribution is -2.39. The Morgan fingerprint density at radius 3 is 2.45 bits per heavy atom. The summed E-state index contributed by atoms with van der Waals surface area (Å²) >= 11 is 0.987. The van der Waals surface area contributed by atoms with E-state index < -0.39 is 9.05 Å². The highest BCUT2D eigenvalue weighted by Gasteiger charge is 2.26. The Morgan fingerprint density at radius 1 is 1.40 bits per heavy atom. The molecule has 20 heavy (non-hydrogen) atoms. The maximum absolute atomic E-state index is 12.3. The Labute approximate surface area is 128 Å². The predicted molar refractivity (Wildman–Crippen MR) is 80.8 cm³/mol. The van der Waals surface area contributed by atoms with Crippen LogP contribution in [0.3, 0.4) is 0 Å². The highest BCUT2D eigenvalue weighted by Crippen LogP contribution is 2.28. The molecule has 0 aliphatic carbocycles. The second kappa shape index (κ2) is 6.03. The molecule has 1 aliphatic heterocycles. The van der Waals surface area contributed by atoms with Gasteiger partial charge in [-0.1, -0.05) is 13.8 Å². The molecule has 4 nitrogen and oxygen atoms in total. The van der Waals surface area contributed by atoms with Crippen molar-refractivity contribution in [1.29, 1.82) is 0 Å². The quantitative estimate of drug-likeness (QED) is 0.797. The van der Waals surface area contributed by atoms with E-state index in [1.807, 2.05) is 0 Å². The van der Waals surface area contributed by atoms with Crippen LogP contribution < -0.4 is 0 Å². The van der Waals surface area contributed by atoms with Crippen LogP contribution in [0.25, 0.3) is 0 Å². The maximum Gasteiger partial charge on any atom is 0.270 e. The van der Waals surface area contributed by atoms with Gasteiger partial charge in [-0.15, -0.1) is 11.3 Å². The fraction of sp³-hybridized carbons (Fsp3) is 0.615. The van der Waals surface area contributed by atoms with Gasteiger partial charge < -0.3 is 4.90 Å². The molecule has 1 aromatic rings. The molecule has 0 spiro atoms. The van der Waals surface area contributed by atoms with Gasteiger partial charge in [-0.2, -0.15) is 0 Å². The number of amides is 1. The van der Waals surface area contributed by atoms with Gasteiger partial charge in [0.1, 0.15) is 4.21 Å². The molecule has 2 rings (SSSR count). The Hall–Kier alpha value is -0.590. The standard InChI is InChI=1S/C13H18ClNO3S2/c1-9(2)10-3-5-15(6-4-10)13(16)11-7-12(19-8-11)20(14,17)18/h7-10H,3-6H2,1-2H3. The number of rotatable bonds is 3. The van der Waals surface area contributed by atoms with Crippen LogP contribution in [0.2, 0.25) is 0 Å². The zero-order valence-electron chi connectivity index (χ0n) is 11.5. The second-order valence-corrected chi connectivity index (χ2v) is 9.17. The zero-order valence-corrected chi connectivity index (χ0v) is 13.9. The first-order valence-electron chi connectivity index (χ1n) is 6.61. The third-order valence-electron chi connectivity index (χ3n) is 3.83. The van der Waals surface area contributed by atoms with Gasteiger partial charge >= 0.3 is 0 Å². The Balaban J connectivity index is 2.04. The lowest BCUT2D eigenvalue weighted by molar-refractivity contribution is 0.0668. The molecule has 1 aromatic heterocycles. The molecule has 0 saturated carbocycles. The van der Waals surface area contributed by atoms with Crippen molar-refractivity contribution in [3.05, 3.63) is 17.0 Å². The van der Waals surface area contributed by atoms with Crippen molar-refractivity contribution in [2.24, 2.45) is 11.8 Å². The lowest BCUT2D eigenvalue weighted by atomic mass is 9.86. The van der Waals surface area contributed by atoms with E-state index >= 15 is 0 Å². The number of likely N-dealkylation sites (tertiary alicyclic amines) is 1. The van der Waals surface area contributed by atoms with Crippen molar-refractivity contribution < 1.29 is 13.2 Å². The van der Waals surface area contributed by atoms with E-state index in [9.17, 15) is 13.2 Å². The Morgan fingerprint density at radius 2 is 2.00 bits per heavy atom. The van der Waals surface area contributed by atoms with Crippen LogP contribution in [-0.4, -0.2) is 32.3 Å². The Bertz CT molecular complexity index is 587. The minimum atomic E-state index is -3.75. The van der Waals surface area contributed by atoms with Crippen LogP contribution in [0.15, 0.2) is 15.7 Å². The van der Waals surface area contributed by atoms with Crippen LogP contribution >= 0.6 is 22.0 Å². The molecule has 1 amide bonds. The van der Waals surface area contributed by atoms with Crippen LogP contribution in [0.1, 0.15) is 37.0 Å². The first-order chi connectivity index (χ1) is 9.29. The highest BCUT2D eigenvalue weighted by atomic mass is 35.7. The fourth-order valence-electron chi connectivity index (χ4n) is 2.51. The van der Waals surface area contributed by atoms with Gasteiger partial charge in [0, 0.05) is 29.2 Å². The molecule has 112 valence electrons. The van der Waals surface area contributed by atoms with Crippen molar-refractivity contribution in [3.63, 3.8) is 0 Å². The van der Waals surface area contributed by atoms with Crippen LogP contribution in [-0.2, 0) is 9.05 Å². The van der Waals surface area contributed by atoms with E-state index in [0.717, 1.165) is 37.3 Å². The first kappa shape index (κ1) is 15.8. The van der Waals surface area contributed by atoms with E-state index in [0.29, 0.717) is 17.4 Å². The molecule has 7 heteroatoms. The number of carbonyl (C=O) groups is 1. The van der Waals surface area contributed by atoms with E-state index in [2.05, 4.69) is 13.8 Å². The largest absolute Gasteiger partial charge is 0.339 e. The normalized spacial score (nSPS) is 17.7. The average Bonchev–Trinajstić information content (AvgIpc) is 2.87. The first-order valence-corrected chi connectivity index (χ1v) is 9.80. The third kappa shape index (κ3) is 3.54. The smallest absolute Gasteiger partial charge is 0.270 e. The fourth-order valence-corrected chi connectivity index (χ4v) is 4.45. The summed E-state index contributed by atoms with van der Waals surface area (Å²) < 4.78 is 22.5. The minimum Gasteiger partial charge on any atom is -0.339 e. The predicted octanol–water partition coefficient (Wildman–Crippen LogP) is 3.18. The molecule has 0 bridgehead atoms. The number of piperidine rings is 1. The third-order valence-corrected chi connectivity index (χ3v) is 6.87. The summed E-state index contributed by atoms with van der Waals surface area (Å²) in [5.41, 5.74) is 0.414. The van der Waals surface area contributed by atoms with Gasteiger partial charge in [-0.25, -0.2) is 8.42 Å². The summed E-state index contributed by atoms with van der Waals surface area (Å²) in [4.78, 5) is 14.1. The van der Waals surface area contributed by atoms with Crippen molar-refractivity contribution in [2.45, 2.75) is 30.9 Å². The molecule has 0 N–H and O–H groups in total. The van der Waals surface area contributed by atoms with Crippen molar-refractivity contribution in [3.8, 4) is 0 Å². The molecule has 2 heterocycles. The topological polar surface area (TPSA) is 54.5 Å². The number of hydrogen-bond donors (Lipinski definition) is 0. The Kier molecular flexibility index (Phi) is 4.76. The zero-order chi connectivity index (χ0) is 14.9. The molecule has 0 aromatic carbocycles. The number of thiophene rings is 1. The summed E-state index contributed by atoms with van der Waals surface area (Å²) in [5, 5.41) is 1.56. The van der Waals surface area contributed by atoms with Gasteiger partial charge in [0.2, 0.25) is 0 Å². The summed E-state index contributed by atoms with van der Waals surface area (Å²) in [6, 6.07) is 1.36. The molecule has 0 atom stereocenters. The molecule has 0 radical (unpaired) electrons. The molecular formula is C13H18ClNO3S2. The minimum absolute atomic E-state index is 0.0274. The van der Waals surface area contributed by atoms with Gasteiger partial charge in [0.05, 0.1) is 5.56 Å². The van der Waals surface area contributed by atoms with Gasteiger partial charge in [-0.3, -0.25) is 4.79 Å². The summed E-state index contributed by atoms with van der Waals surface area (Å²) in [6.07, 6.45) is 2.02. The number of carbonyl (C=O) groups excluding carboxylic acids is 1. The average molecular weight is 336 g/mol. The second-order valence-electron chi connectivity index (χ2n) is 5.47. The molecule has 0 unspecified atom stereocenters. The van der Waals surface area contributed by atoms with Crippen molar-refractivity contribution in [2.75, 3.05) is 13.1 Å². The lowest BCUT2D eigenvalue weighted by Gasteiger charge is -2.33. The van der Waals surface area contributed by atoms with Crippen molar-refractivity contribution in [1.82, 2.24) is 4.90 Å². The van der Waals surface area contributed by atoms with Crippen molar-refractivity contribution >= 4 is 37.0 Å². The monoisotopic (exact) mass is 335 g/mol. The molecular weight excluding hydrogens is 318 g/mol. The van der Waals surface area contributed by atoms with E-state index in [4.69, 9.17) is 10.7 Å². The number of halogens is 1. The highest BCUT2D eigenvalue weighted by molar-refractivity contribution is 8.15. The van der Waals surface area contributed by atoms with Gasteiger partial charge in [0.25, 0.3) is 15.0 Å². The molecule has 1 saturated heterocycles. The van der Waals surface area contributed by atoms with Crippen LogP contribution in [0.4, 0.5) is 0 Å². The van der Waals surface area contributed by atoms with Crippen LogP contribution in [0, 0.1) is 11.8 Å².